The van der Waals surface area contributed by atoms with Crippen molar-refractivity contribution in [3.8, 4) is 0 Å². The average Bonchev–Trinajstić information content (AvgIpc) is 2.72. The number of nitrogens with zero attached hydrogens (tertiary/aromatic N) is 3. The summed E-state index contributed by atoms with van der Waals surface area (Å²) in [6.45, 7) is 12.1. The van der Waals surface area contributed by atoms with Gasteiger partial charge in [0.15, 0.2) is 0 Å². The van der Waals surface area contributed by atoms with Crippen LogP contribution in [0.2, 0.25) is 0 Å². The minimum absolute atomic E-state index is 0.292. The molecule has 4 nitrogen and oxygen atoms in total. The monoisotopic (exact) mass is 238 g/mol. The maximum Gasteiger partial charge on any atom is 0.125 e. The van der Waals surface area contributed by atoms with Crippen LogP contribution < -0.4 is 5.32 Å². The third kappa shape index (κ3) is 4.13. The van der Waals surface area contributed by atoms with E-state index in [0.29, 0.717) is 12.1 Å². The Kier molecular flexibility index (Phi) is 5.65. The second kappa shape index (κ2) is 6.77. The Morgan fingerprint density at radius 1 is 1.35 bits per heavy atom. The van der Waals surface area contributed by atoms with Crippen molar-refractivity contribution in [1.82, 2.24) is 19.8 Å². The molecular formula is C13H26N4. The van der Waals surface area contributed by atoms with Crippen molar-refractivity contribution in [2.45, 2.75) is 39.8 Å². The molecule has 1 N–H and O–H groups in total. The number of likely N-dealkylation sites (N-methyl/N-ethyl adjacent to an activating group) is 1. The number of aromatic nitrogens is 2. The molecule has 1 rings (SSSR count). The summed E-state index contributed by atoms with van der Waals surface area (Å²) in [4.78, 5) is 6.81. The lowest BCUT2D eigenvalue weighted by molar-refractivity contribution is 0.262. The number of imidazole rings is 1. The van der Waals surface area contributed by atoms with Crippen molar-refractivity contribution in [2.75, 3.05) is 19.6 Å². The number of hydrogen-bond donors (Lipinski definition) is 1. The van der Waals surface area contributed by atoms with Crippen LogP contribution in [0.25, 0.3) is 0 Å². The van der Waals surface area contributed by atoms with E-state index >= 15 is 0 Å². The third-order valence-electron chi connectivity index (χ3n) is 3.21. The number of rotatable bonds is 7. The van der Waals surface area contributed by atoms with E-state index in [4.69, 9.17) is 0 Å². The van der Waals surface area contributed by atoms with Crippen molar-refractivity contribution in [3.63, 3.8) is 0 Å². The summed E-state index contributed by atoms with van der Waals surface area (Å²) in [6, 6.07) is 0.766. The fourth-order valence-electron chi connectivity index (χ4n) is 2.22. The highest BCUT2D eigenvalue weighted by atomic mass is 15.2. The van der Waals surface area contributed by atoms with Crippen LogP contribution in [0, 0.1) is 0 Å². The van der Waals surface area contributed by atoms with Crippen LogP contribution in [0.1, 0.15) is 39.6 Å². The summed E-state index contributed by atoms with van der Waals surface area (Å²) in [7, 11) is 2.04. The van der Waals surface area contributed by atoms with E-state index in [2.05, 4.69) is 47.5 Å². The molecule has 0 amide bonds. The molecule has 1 aromatic heterocycles. The summed E-state index contributed by atoms with van der Waals surface area (Å²) in [5, 5.41) is 3.60. The van der Waals surface area contributed by atoms with Gasteiger partial charge < -0.3 is 14.8 Å². The van der Waals surface area contributed by atoms with Gasteiger partial charge in [-0.15, -0.1) is 0 Å². The van der Waals surface area contributed by atoms with E-state index in [-0.39, 0.29) is 0 Å². The van der Waals surface area contributed by atoms with Crippen LogP contribution in [-0.4, -0.2) is 40.1 Å². The predicted octanol–water partition coefficient (Wildman–Crippen LogP) is 1.80. The van der Waals surface area contributed by atoms with E-state index in [9.17, 15) is 0 Å². The van der Waals surface area contributed by atoms with Crippen LogP contribution in [0.3, 0.4) is 0 Å². The Morgan fingerprint density at radius 3 is 2.47 bits per heavy atom. The molecule has 98 valence electrons. The quantitative estimate of drug-likeness (QED) is 0.786. The number of hydrogen-bond acceptors (Lipinski definition) is 3. The SMILES string of the molecule is CCN(CC)CC(C)NC(C)c1nccn1C. The molecule has 2 unspecified atom stereocenters. The average molecular weight is 238 g/mol. The Morgan fingerprint density at radius 2 is 2.00 bits per heavy atom. The van der Waals surface area contributed by atoms with E-state index in [1.807, 2.05) is 19.4 Å². The van der Waals surface area contributed by atoms with Crippen molar-refractivity contribution < 1.29 is 0 Å². The molecule has 1 aromatic rings. The van der Waals surface area contributed by atoms with Crippen LogP contribution in [0.4, 0.5) is 0 Å². The molecule has 0 aliphatic carbocycles. The van der Waals surface area contributed by atoms with Crippen molar-refractivity contribution in [3.05, 3.63) is 18.2 Å². The summed E-state index contributed by atoms with van der Waals surface area (Å²) < 4.78 is 2.07. The highest BCUT2D eigenvalue weighted by molar-refractivity contribution is 4.97. The minimum atomic E-state index is 0.292. The summed E-state index contributed by atoms with van der Waals surface area (Å²) in [6.07, 6.45) is 3.84. The van der Waals surface area contributed by atoms with Gasteiger partial charge in [-0.1, -0.05) is 13.8 Å². The highest BCUT2D eigenvalue weighted by Gasteiger charge is 2.14. The van der Waals surface area contributed by atoms with E-state index < -0.39 is 0 Å². The molecule has 0 fully saturated rings. The molecular weight excluding hydrogens is 212 g/mol. The Balaban J connectivity index is 2.46. The molecule has 0 aliphatic heterocycles. The van der Waals surface area contributed by atoms with Crippen LogP contribution in [0.15, 0.2) is 12.4 Å². The van der Waals surface area contributed by atoms with Crippen LogP contribution >= 0.6 is 0 Å². The maximum atomic E-state index is 4.38. The van der Waals surface area contributed by atoms with Crippen LogP contribution in [0.5, 0.6) is 0 Å². The normalized spacial score (nSPS) is 15.2. The maximum absolute atomic E-state index is 4.38. The first-order valence-corrected chi connectivity index (χ1v) is 6.54. The fourth-order valence-corrected chi connectivity index (χ4v) is 2.22. The van der Waals surface area contributed by atoms with Gasteiger partial charge in [0.25, 0.3) is 0 Å². The first-order chi connectivity index (χ1) is 8.08. The van der Waals surface area contributed by atoms with E-state index in [1.165, 1.54) is 0 Å². The van der Waals surface area contributed by atoms with Gasteiger partial charge in [-0.05, 0) is 26.9 Å². The standard InChI is InChI=1S/C13H26N4/c1-6-17(7-2)10-11(3)15-12(4)13-14-8-9-16(13)5/h8-9,11-12,15H,6-7,10H2,1-5H3. The van der Waals surface area contributed by atoms with Gasteiger partial charge in [0.1, 0.15) is 5.82 Å². The number of nitrogens with one attached hydrogen (secondary N) is 1. The zero-order valence-corrected chi connectivity index (χ0v) is 11.8. The Bertz CT molecular complexity index is 317. The van der Waals surface area contributed by atoms with Gasteiger partial charge in [0, 0.05) is 32.0 Å². The Labute approximate surface area is 105 Å². The minimum Gasteiger partial charge on any atom is -0.337 e. The molecule has 4 heteroatoms. The topological polar surface area (TPSA) is 33.1 Å². The zero-order chi connectivity index (χ0) is 12.8. The molecule has 0 aliphatic rings. The lowest BCUT2D eigenvalue weighted by Gasteiger charge is -2.26. The van der Waals surface area contributed by atoms with Gasteiger partial charge in [0.2, 0.25) is 0 Å². The number of aryl methyl sites for hydroxylation is 1. The smallest absolute Gasteiger partial charge is 0.125 e. The first kappa shape index (κ1) is 14.2. The molecule has 0 saturated carbocycles. The molecule has 0 radical (unpaired) electrons. The lowest BCUT2D eigenvalue weighted by atomic mass is 10.2. The van der Waals surface area contributed by atoms with Crippen molar-refractivity contribution >= 4 is 0 Å². The molecule has 2 atom stereocenters. The second-order valence-corrected chi connectivity index (χ2v) is 4.67. The fraction of sp³-hybridized carbons (Fsp3) is 0.769. The first-order valence-electron chi connectivity index (χ1n) is 6.54. The molecule has 0 saturated heterocycles. The van der Waals surface area contributed by atoms with Gasteiger partial charge in [-0.3, -0.25) is 0 Å². The molecule has 17 heavy (non-hydrogen) atoms. The van der Waals surface area contributed by atoms with Gasteiger partial charge in [-0.2, -0.15) is 0 Å². The van der Waals surface area contributed by atoms with Crippen LogP contribution in [-0.2, 0) is 7.05 Å². The van der Waals surface area contributed by atoms with E-state index in [0.717, 1.165) is 25.5 Å². The largest absolute Gasteiger partial charge is 0.337 e. The van der Waals surface area contributed by atoms with Crippen molar-refractivity contribution in [1.29, 1.82) is 0 Å². The van der Waals surface area contributed by atoms with E-state index in [1.54, 1.807) is 0 Å². The Hall–Kier alpha value is -0.870. The zero-order valence-electron chi connectivity index (χ0n) is 11.8. The van der Waals surface area contributed by atoms with Crippen molar-refractivity contribution in [2.24, 2.45) is 7.05 Å². The molecule has 0 spiro atoms. The second-order valence-electron chi connectivity index (χ2n) is 4.67. The highest BCUT2D eigenvalue weighted by Crippen LogP contribution is 2.09. The summed E-state index contributed by atoms with van der Waals surface area (Å²) >= 11 is 0. The molecule has 0 bridgehead atoms. The van der Waals surface area contributed by atoms with Gasteiger partial charge in [0.05, 0.1) is 6.04 Å². The summed E-state index contributed by atoms with van der Waals surface area (Å²) in [5.74, 6) is 1.09. The molecule has 0 aromatic carbocycles. The molecule has 1 heterocycles. The van der Waals surface area contributed by atoms with Gasteiger partial charge >= 0.3 is 0 Å². The third-order valence-corrected chi connectivity index (χ3v) is 3.21. The lowest BCUT2D eigenvalue weighted by Crippen LogP contribution is -2.40. The predicted molar refractivity (Wildman–Crippen MR) is 72.0 cm³/mol. The summed E-state index contributed by atoms with van der Waals surface area (Å²) in [5.41, 5.74) is 0. The van der Waals surface area contributed by atoms with Gasteiger partial charge in [-0.25, -0.2) is 4.98 Å².